The van der Waals surface area contributed by atoms with Crippen LogP contribution in [0.3, 0.4) is 0 Å². The quantitative estimate of drug-likeness (QED) is 0.770. The summed E-state index contributed by atoms with van der Waals surface area (Å²) in [7, 11) is 0. The average Bonchev–Trinajstić information content (AvgIpc) is 3.23. The summed E-state index contributed by atoms with van der Waals surface area (Å²) in [6, 6.07) is 19.2. The lowest BCUT2D eigenvalue weighted by molar-refractivity contribution is -0.409. The Morgan fingerprint density at radius 1 is 1.07 bits per heavy atom. The van der Waals surface area contributed by atoms with Crippen LogP contribution in [0.2, 0.25) is 0 Å². The van der Waals surface area contributed by atoms with E-state index in [0.717, 1.165) is 30.4 Å². The number of carbonyl (C=O) groups excluding carboxylic acids is 2. The van der Waals surface area contributed by atoms with E-state index in [-0.39, 0.29) is 23.8 Å². The van der Waals surface area contributed by atoms with Crippen molar-refractivity contribution in [1.29, 1.82) is 0 Å². The Morgan fingerprint density at radius 3 is 2.18 bits per heavy atom. The Morgan fingerprint density at radius 2 is 1.64 bits per heavy atom. The van der Waals surface area contributed by atoms with Crippen LogP contribution in [0.25, 0.3) is 0 Å². The van der Waals surface area contributed by atoms with Crippen molar-refractivity contribution in [2.45, 2.75) is 44.2 Å². The summed E-state index contributed by atoms with van der Waals surface area (Å²) < 4.78 is 0. The van der Waals surface area contributed by atoms with Gasteiger partial charge in [-0.15, -0.1) is 0 Å². The van der Waals surface area contributed by atoms with Gasteiger partial charge in [0.1, 0.15) is 6.04 Å². The monoisotopic (exact) mass is 380 g/mol. The third kappa shape index (κ3) is 4.42. The van der Waals surface area contributed by atoms with E-state index in [9.17, 15) is 9.59 Å². The van der Waals surface area contributed by atoms with E-state index >= 15 is 0 Å². The molecule has 2 atom stereocenters. The summed E-state index contributed by atoms with van der Waals surface area (Å²) in [5.41, 5.74) is 6.40. The van der Waals surface area contributed by atoms with Gasteiger partial charge in [0.05, 0.1) is 5.92 Å². The normalized spacial score (nSPS) is 17.5. The fraction of sp³-hybridized carbons (Fsp3) is 0.391. The molecule has 2 aromatic carbocycles. The predicted molar refractivity (Wildman–Crippen MR) is 109 cm³/mol. The molecule has 5 nitrogen and oxygen atoms in total. The van der Waals surface area contributed by atoms with Gasteiger partial charge in [0, 0.05) is 13.1 Å². The van der Waals surface area contributed by atoms with E-state index in [1.165, 1.54) is 0 Å². The maximum atomic E-state index is 13.4. The molecule has 3 rings (SSSR count). The van der Waals surface area contributed by atoms with E-state index < -0.39 is 6.04 Å². The van der Waals surface area contributed by atoms with Crippen LogP contribution in [0.5, 0.6) is 0 Å². The lowest BCUT2D eigenvalue weighted by atomic mass is 9.84. The van der Waals surface area contributed by atoms with Gasteiger partial charge < -0.3 is 16.0 Å². The molecule has 0 bridgehead atoms. The van der Waals surface area contributed by atoms with Crippen molar-refractivity contribution in [1.82, 2.24) is 10.2 Å². The van der Waals surface area contributed by atoms with Crippen LogP contribution in [-0.4, -0.2) is 41.9 Å². The summed E-state index contributed by atoms with van der Waals surface area (Å²) in [5.74, 6) is -0.238. The lowest BCUT2D eigenvalue weighted by Gasteiger charge is -2.29. The van der Waals surface area contributed by atoms with Gasteiger partial charge in [-0.1, -0.05) is 67.6 Å². The standard InChI is InChI=1S/C23H29N3O2/c1-2-15-25-22(27)19-14-9-16-26(19)23(28)21(24)20(17-10-5-3-6-11-17)18-12-7-4-8-13-18/h3-8,10-13,19-21H,2,9,14-16,24H2,1H3,(H,25,27)/p+1/t19-,21+/m0/s1. The minimum absolute atomic E-state index is 0.0455. The van der Waals surface area contributed by atoms with E-state index in [0.29, 0.717) is 13.1 Å². The van der Waals surface area contributed by atoms with E-state index in [1.807, 2.05) is 67.6 Å². The largest absolute Gasteiger partial charge is 0.354 e. The number of hydrogen-bond acceptors (Lipinski definition) is 2. The number of nitrogens with one attached hydrogen (secondary N) is 1. The molecular weight excluding hydrogens is 350 g/mol. The van der Waals surface area contributed by atoms with Crippen molar-refractivity contribution >= 4 is 11.8 Å². The highest BCUT2D eigenvalue weighted by atomic mass is 16.2. The second-order valence-electron chi connectivity index (χ2n) is 7.39. The van der Waals surface area contributed by atoms with Crippen LogP contribution < -0.4 is 11.1 Å². The molecule has 0 unspecified atom stereocenters. The zero-order valence-corrected chi connectivity index (χ0v) is 16.5. The lowest BCUT2D eigenvalue weighted by Crippen LogP contribution is -2.71. The van der Waals surface area contributed by atoms with Crippen molar-refractivity contribution in [3.63, 3.8) is 0 Å². The topological polar surface area (TPSA) is 77.1 Å². The summed E-state index contributed by atoms with van der Waals surface area (Å²) in [4.78, 5) is 27.7. The van der Waals surface area contributed by atoms with E-state index in [2.05, 4.69) is 11.1 Å². The van der Waals surface area contributed by atoms with Crippen LogP contribution in [0.1, 0.15) is 43.2 Å². The molecule has 28 heavy (non-hydrogen) atoms. The third-order valence-corrected chi connectivity index (χ3v) is 5.42. The molecule has 0 saturated carbocycles. The van der Waals surface area contributed by atoms with E-state index in [1.54, 1.807) is 4.90 Å². The summed E-state index contributed by atoms with van der Waals surface area (Å²) >= 11 is 0. The molecule has 1 heterocycles. The average molecular weight is 381 g/mol. The molecule has 1 fully saturated rings. The highest BCUT2D eigenvalue weighted by molar-refractivity contribution is 5.90. The molecule has 4 N–H and O–H groups in total. The SMILES string of the molecule is CCCNC(=O)[C@@H]1CCCN1C(=O)[C@H]([NH3+])C(c1ccccc1)c1ccccc1. The number of carbonyl (C=O) groups is 2. The number of quaternary nitrogens is 1. The first-order valence-corrected chi connectivity index (χ1v) is 10.1. The second-order valence-corrected chi connectivity index (χ2v) is 7.39. The minimum Gasteiger partial charge on any atom is -0.354 e. The zero-order chi connectivity index (χ0) is 19.9. The Labute approximate surface area is 166 Å². The first-order chi connectivity index (χ1) is 13.6. The molecule has 2 aromatic rings. The number of hydrogen-bond donors (Lipinski definition) is 2. The molecule has 0 aromatic heterocycles. The number of nitrogens with zero attached hydrogens (tertiary/aromatic N) is 1. The number of amides is 2. The molecule has 1 aliphatic heterocycles. The van der Waals surface area contributed by atoms with E-state index in [4.69, 9.17) is 0 Å². The Kier molecular flexibility index (Phi) is 6.82. The maximum Gasteiger partial charge on any atom is 0.282 e. The first kappa shape index (κ1) is 20.1. The fourth-order valence-electron chi connectivity index (χ4n) is 4.00. The molecule has 0 radical (unpaired) electrons. The van der Waals surface area contributed by atoms with Crippen LogP contribution >= 0.6 is 0 Å². The zero-order valence-electron chi connectivity index (χ0n) is 16.5. The predicted octanol–water partition coefficient (Wildman–Crippen LogP) is 1.95. The van der Waals surface area contributed by atoms with Crippen molar-refractivity contribution in [2.24, 2.45) is 0 Å². The number of benzene rings is 2. The van der Waals surface area contributed by atoms with Crippen molar-refractivity contribution in [3.8, 4) is 0 Å². The molecule has 148 valence electrons. The third-order valence-electron chi connectivity index (χ3n) is 5.42. The Balaban J connectivity index is 1.85. The van der Waals surface area contributed by atoms with Crippen LogP contribution in [-0.2, 0) is 9.59 Å². The maximum absolute atomic E-state index is 13.4. The van der Waals surface area contributed by atoms with Gasteiger partial charge in [-0.3, -0.25) is 9.59 Å². The summed E-state index contributed by atoms with van der Waals surface area (Å²) in [5, 5.41) is 2.94. The fourth-order valence-corrected chi connectivity index (χ4v) is 4.00. The van der Waals surface area contributed by atoms with Crippen molar-refractivity contribution in [3.05, 3.63) is 71.8 Å². The second kappa shape index (κ2) is 9.51. The smallest absolute Gasteiger partial charge is 0.282 e. The highest BCUT2D eigenvalue weighted by Gasteiger charge is 2.40. The van der Waals surface area contributed by atoms with Gasteiger partial charge in [0.2, 0.25) is 5.91 Å². The van der Waals surface area contributed by atoms with Gasteiger partial charge in [0.25, 0.3) is 5.91 Å². The van der Waals surface area contributed by atoms with Crippen molar-refractivity contribution in [2.75, 3.05) is 13.1 Å². The molecule has 5 heteroatoms. The van der Waals surface area contributed by atoms with Crippen LogP contribution in [0, 0.1) is 0 Å². The van der Waals surface area contributed by atoms with Crippen molar-refractivity contribution < 1.29 is 15.3 Å². The van der Waals surface area contributed by atoms with Crippen LogP contribution in [0.15, 0.2) is 60.7 Å². The first-order valence-electron chi connectivity index (χ1n) is 10.1. The molecule has 0 spiro atoms. The number of rotatable bonds is 7. The van der Waals surface area contributed by atoms with Gasteiger partial charge in [0.15, 0.2) is 6.04 Å². The van der Waals surface area contributed by atoms with Gasteiger partial charge in [-0.2, -0.15) is 0 Å². The highest BCUT2D eigenvalue weighted by Crippen LogP contribution is 2.29. The Bertz CT molecular complexity index is 739. The Hall–Kier alpha value is -2.66. The van der Waals surface area contributed by atoms with Gasteiger partial charge in [-0.05, 0) is 30.4 Å². The molecule has 0 aliphatic carbocycles. The van der Waals surface area contributed by atoms with Gasteiger partial charge >= 0.3 is 0 Å². The van der Waals surface area contributed by atoms with Crippen LogP contribution in [0.4, 0.5) is 0 Å². The number of likely N-dealkylation sites (tertiary alicyclic amines) is 1. The molecule has 2 amide bonds. The summed E-state index contributed by atoms with van der Waals surface area (Å²) in [6.07, 6.45) is 2.45. The van der Waals surface area contributed by atoms with Gasteiger partial charge in [-0.25, -0.2) is 0 Å². The molecule has 1 aliphatic rings. The molecule has 1 saturated heterocycles. The summed E-state index contributed by atoms with van der Waals surface area (Å²) in [6.45, 7) is 3.28. The minimum atomic E-state index is -0.496. The molecular formula is C23H30N3O2+.